The van der Waals surface area contributed by atoms with Crippen LogP contribution in [0, 0.1) is 0 Å². The van der Waals surface area contributed by atoms with Gasteiger partial charge < -0.3 is 5.48 Å². The second kappa shape index (κ2) is 5.70. The molecule has 0 aliphatic rings. The summed E-state index contributed by atoms with van der Waals surface area (Å²) in [6.45, 7) is 8.05. The molecule has 0 radical (unpaired) electrons. The van der Waals surface area contributed by atoms with Gasteiger partial charge in [0.1, 0.15) is 0 Å². The summed E-state index contributed by atoms with van der Waals surface area (Å²) < 4.78 is 0. The molecule has 1 nitrogen and oxygen atoms in total. The fourth-order valence-electron chi connectivity index (χ4n) is 0.250. The van der Waals surface area contributed by atoms with E-state index in [-0.39, 0.29) is 5.48 Å². The Bertz CT molecular complexity index is 42.1. The van der Waals surface area contributed by atoms with Crippen LogP contribution in [0.2, 0.25) is 0 Å². The zero-order valence-corrected chi connectivity index (χ0v) is 5.12. The van der Waals surface area contributed by atoms with Gasteiger partial charge in [-0.3, -0.25) is 0 Å². The van der Waals surface area contributed by atoms with E-state index in [2.05, 4.69) is 20.4 Å². The third-order valence-electron chi connectivity index (χ3n) is 1.000. The maximum atomic E-state index is 3.79. The normalized spacial score (nSPS) is 7.14. The van der Waals surface area contributed by atoms with Crippen molar-refractivity contribution < 1.29 is 5.48 Å². The highest BCUT2D eigenvalue weighted by Crippen LogP contribution is 1.98. The maximum Gasteiger partial charge on any atom is -0.0352 e. The molecule has 44 valence electrons. The molecular formula is C6H14O. The summed E-state index contributed by atoms with van der Waals surface area (Å²) in [5, 5.41) is 0. The van der Waals surface area contributed by atoms with Crippen molar-refractivity contribution in [3.05, 3.63) is 12.2 Å². The minimum Gasteiger partial charge on any atom is -0.412 e. The molecule has 7 heavy (non-hydrogen) atoms. The van der Waals surface area contributed by atoms with Crippen LogP contribution in [-0.2, 0) is 0 Å². The zero-order chi connectivity index (χ0) is 4.99. The van der Waals surface area contributed by atoms with Crippen LogP contribution in [0.25, 0.3) is 0 Å². The number of rotatable bonds is 2. The molecule has 0 rings (SSSR count). The van der Waals surface area contributed by atoms with Crippen LogP contribution < -0.4 is 0 Å². The van der Waals surface area contributed by atoms with E-state index >= 15 is 0 Å². The molecular weight excluding hydrogens is 88.1 g/mol. The SMILES string of the molecule is C=C(CC)CC.O. The zero-order valence-electron chi connectivity index (χ0n) is 5.12. The lowest BCUT2D eigenvalue weighted by molar-refractivity contribution is 0.824. The lowest BCUT2D eigenvalue weighted by Crippen LogP contribution is -1.68. The van der Waals surface area contributed by atoms with Crippen molar-refractivity contribution in [3.63, 3.8) is 0 Å². The Hall–Kier alpha value is -0.300. The highest BCUT2D eigenvalue weighted by Gasteiger charge is 1.78. The van der Waals surface area contributed by atoms with Gasteiger partial charge in [0.25, 0.3) is 0 Å². The smallest absolute Gasteiger partial charge is 0.0352 e. The molecule has 0 aromatic rings. The van der Waals surface area contributed by atoms with E-state index in [9.17, 15) is 0 Å². The van der Waals surface area contributed by atoms with Crippen LogP contribution in [0.1, 0.15) is 26.7 Å². The molecule has 0 aliphatic heterocycles. The predicted molar refractivity (Wildman–Crippen MR) is 33.3 cm³/mol. The van der Waals surface area contributed by atoms with Crippen molar-refractivity contribution >= 4 is 0 Å². The Morgan fingerprint density at radius 2 is 1.57 bits per heavy atom. The van der Waals surface area contributed by atoms with Crippen molar-refractivity contribution in [1.29, 1.82) is 0 Å². The van der Waals surface area contributed by atoms with Crippen LogP contribution in [0.4, 0.5) is 0 Å². The fourth-order valence-corrected chi connectivity index (χ4v) is 0.250. The van der Waals surface area contributed by atoms with Crippen molar-refractivity contribution in [2.45, 2.75) is 26.7 Å². The average molecular weight is 102 g/mol. The molecule has 0 unspecified atom stereocenters. The summed E-state index contributed by atoms with van der Waals surface area (Å²) in [4.78, 5) is 0. The number of allylic oxidation sites excluding steroid dienone is 1. The molecule has 0 fully saturated rings. The topological polar surface area (TPSA) is 31.5 Å². The molecule has 0 aliphatic carbocycles. The Kier molecular flexibility index (Phi) is 8.02. The first kappa shape index (κ1) is 9.85. The van der Waals surface area contributed by atoms with Gasteiger partial charge in [-0.25, -0.2) is 0 Å². The number of hydrogen-bond acceptors (Lipinski definition) is 0. The van der Waals surface area contributed by atoms with Crippen LogP contribution in [0.15, 0.2) is 12.2 Å². The van der Waals surface area contributed by atoms with Crippen molar-refractivity contribution in [3.8, 4) is 0 Å². The van der Waals surface area contributed by atoms with E-state index in [0.29, 0.717) is 0 Å². The molecule has 0 atom stereocenters. The van der Waals surface area contributed by atoms with Gasteiger partial charge in [0.05, 0.1) is 0 Å². The highest BCUT2D eigenvalue weighted by molar-refractivity contribution is 4.89. The minimum atomic E-state index is 0. The molecule has 0 amide bonds. The molecule has 0 heterocycles. The molecule has 2 N–H and O–H groups in total. The predicted octanol–water partition coefficient (Wildman–Crippen LogP) is 1.54. The highest BCUT2D eigenvalue weighted by atomic mass is 16.0. The van der Waals surface area contributed by atoms with Gasteiger partial charge in [0.15, 0.2) is 0 Å². The van der Waals surface area contributed by atoms with Crippen molar-refractivity contribution in [2.75, 3.05) is 0 Å². The lowest BCUT2D eigenvalue weighted by atomic mass is 10.2. The Labute approximate surface area is 45.4 Å². The average Bonchev–Trinajstić information content (AvgIpc) is 1.65. The van der Waals surface area contributed by atoms with Crippen LogP contribution in [-0.4, -0.2) is 5.48 Å². The second-order valence-electron chi connectivity index (χ2n) is 1.46. The summed E-state index contributed by atoms with van der Waals surface area (Å²) in [5.74, 6) is 0. The van der Waals surface area contributed by atoms with E-state index in [4.69, 9.17) is 0 Å². The van der Waals surface area contributed by atoms with E-state index in [0.717, 1.165) is 12.8 Å². The Morgan fingerprint density at radius 1 is 1.29 bits per heavy atom. The van der Waals surface area contributed by atoms with E-state index in [1.807, 2.05) is 0 Å². The first-order chi connectivity index (χ1) is 2.81. The first-order valence-corrected chi connectivity index (χ1v) is 2.47. The number of hydrogen-bond donors (Lipinski definition) is 0. The second-order valence-corrected chi connectivity index (χ2v) is 1.46. The van der Waals surface area contributed by atoms with Crippen molar-refractivity contribution in [2.24, 2.45) is 0 Å². The van der Waals surface area contributed by atoms with Gasteiger partial charge in [-0.1, -0.05) is 26.0 Å². The monoisotopic (exact) mass is 102 g/mol. The quantitative estimate of drug-likeness (QED) is 0.474. The fraction of sp³-hybridized carbons (Fsp3) is 0.667. The van der Waals surface area contributed by atoms with Gasteiger partial charge in [-0.05, 0) is 12.8 Å². The standard InChI is InChI=1S/C6H12.H2O/c1-4-6(3)5-2;/h3-5H2,1-2H3;1H2. The van der Waals surface area contributed by atoms with Crippen LogP contribution in [0.5, 0.6) is 0 Å². The van der Waals surface area contributed by atoms with Crippen LogP contribution >= 0.6 is 0 Å². The van der Waals surface area contributed by atoms with Gasteiger partial charge in [0.2, 0.25) is 0 Å². The molecule has 0 aromatic carbocycles. The molecule has 0 saturated heterocycles. The lowest BCUT2D eigenvalue weighted by Gasteiger charge is -1.89. The maximum absolute atomic E-state index is 3.79. The van der Waals surface area contributed by atoms with E-state index in [1.54, 1.807) is 0 Å². The van der Waals surface area contributed by atoms with Gasteiger partial charge >= 0.3 is 0 Å². The Balaban J connectivity index is 0. The largest absolute Gasteiger partial charge is 0.412 e. The van der Waals surface area contributed by atoms with Crippen molar-refractivity contribution in [1.82, 2.24) is 0 Å². The first-order valence-electron chi connectivity index (χ1n) is 2.47. The van der Waals surface area contributed by atoms with Gasteiger partial charge in [-0.15, -0.1) is 0 Å². The summed E-state index contributed by atoms with van der Waals surface area (Å²) in [5.41, 5.74) is 1.34. The third-order valence-corrected chi connectivity index (χ3v) is 1.000. The summed E-state index contributed by atoms with van der Waals surface area (Å²) in [6.07, 6.45) is 2.27. The van der Waals surface area contributed by atoms with Gasteiger partial charge in [0, 0.05) is 0 Å². The van der Waals surface area contributed by atoms with Crippen LogP contribution in [0.3, 0.4) is 0 Å². The molecule has 0 aromatic heterocycles. The summed E-state index contributed by atoms with van der Waals surface area (Å²) >= 11 is 0. The molecule has 0 bridgehead atoms. The van der Waals surface area contributed by atoms with E-state index in [1.165, 1.54) is 5.57 Å². The van der Waals surface area contributed by atoms with E-state index < -0.39 is 0 Å². The molecule has 1 heteroatoms. The third kappa shape index (κ3) is 5.70. The molecule has 0 saturated carbocycles. The molecule has 0 spiro atoms. The summed E-state index contributed by atoms with van der Waals surface area (Å²) in [7, 11) is 0. The van der Waals surface area contributed by atoms with Gasteiger partial charge in [-0.2, -0.15) is 0 Å². The summed E-state index contributed by atoms with van der Waals surface area (Å²) in [6, 6.07) is 0. The Morgan fingerprint density at radius 3 is 1.57 bits per heavy atom. The minimum absolute atomic E-state index is 0.